The molecule has 0 aliphatic carbocycles. The molecule has 1 N–H and O–H groups in total. The molecular formula is C15H8F6O3. The van der Waals surface area contributed by atoms with Crippen molar-refractivity contribution >= 4 is 5.97 Å². The number of carboxylic acid groups (broad SMARTS) is 1. The van der Waals surface area contributed by atoms with Gasteiger partial charge in [0.2, 0.25) is 0 Å². The van der Waals surface area contributed by atoms with E-state index in [0.29, 0.717) is 6.07 Å². The Balaban J connectivity index is 2.50. The molecule has 0 radical (unpaired) electrons. The van der Waals surface area contributed by atoms with Crippen molar-refractivity contribution in [3.8, 4) is 16.9 Å². The van der Waals surface area contributed by atoms with Crippen LogP contribution in [0.4, 0.5) is 26.3 Å². The SMILES string of the molecule is O=C(O)c1ccc(C(F)(F)F)c(-c2ccc(OC(F)(F)F)cc2)c1. The third kappa shape index (κ3) is 4.18. The molecule has 0 aromatic heterocycles. The summed E-state index contributed by atoms with van der Waals surface area (Å²) in [6.07, 6.45) is -9.69. The molecule has 0 unspecified atom stereocenters. The summed E-state index contributed by atoms with van der Waals surface area (Å²) in [5.74, 6) is -2.03. The molecule has 0 aliphatic rings. The van der Waals surface area contributed by atoms with Gasteiger partial charge in [-0.2, -0.15) is 13.2 Å². The van der Waals surface area contributed by atoms with Crippen LogP contribution in [0, 0.1) is 0 Å². The van der Waals surface area contributed by atoms with Gasteiger partial charge in [0.25, 0.3) is 0 Å². The van der Waals surface area contributed by atoms with E-state index >= 15 is 0 Å². The van der Waals surface area contributed by atoms with Crippen molar-refractivity contribution in [3.63, 3.8) is 0 Å². The van der Waals surface area contributed by atoms with E-state index in [1.54, 1.807) is 0 Å². The zero-order chi connectivity index (χ0) is 18.1. The second-order valence-corrected chi connectivity index (χ2v) is 4.64. The number of benzene rings is 2. The van der Waals surface area contributed by atoms with E-state index < -0.39 is 35.4 Å². The highest BCUT2D eigenvalue weighted by molar-refractivity contribution is 5.90. The number of carbonyl (C=O) groups is 1. The number of carboxylic acids is 1. The van der Waals surface area contributed by atoms with Crippen LogP contribution in [-0.2, 0) is 6.18 Å². The first-order chi connectivity index (χ1) is 11.0. The summed E-state index contributed by atoms with van der Waals surface area (Å²) >= 11 is 0. The van der Waals surface area contributed by atoms with E-state index in [0.717, 1.165) is 36.4 Å². The molecule has 128 valence electrons. The minimum absolute atomic E-state index is 0.0973. The minimum Gasteiger partial charge on any atom is -0.478 e. The Bertz CT molecular complexity index is 747. The van der Waals surface area contributed by atoms with Gasteiger partial charge in [0.05, 0.1) is 11.1 Å². The molecule has 9 heteroatoms. The molecule has 2 aromatic rings. The van der Waals surface area contributed by atoms with Gasteiger partial charge in [-0.05, 0) is 41.5 Å². The van der Waals surface area contributed by atoms with Gasteiger partial charge >= 0.3 is 18.5 Å². The molecule has 0 heterocycles. The van der Waals surface area contributed by atoms with E-state index in [9.17, 15) is 31.1 Å². The summed E-state index contributed by atoms with van der Waals surface area (Å²) in [6.45, 7) is 0. The van der Waals surface area contributed by atoms with Gasteiger partial charge in [-0.3, -0.25) is 0 Å². The molecule has 0 saturated carbocycles. The smallest absolute Gasteiger partial charge is 0.478 e. The predicted octanol–water partition coefficient (Wildman–Crippen LogP) is 4.97. The van der Waals surface area contributed by atoms with E-state index in [1.165, 1.54) is 0 Å². The fraction of sp³-hybridized carbons (Fsp3) is 0.133. The maximum Gasteiger partial charge on any atom is 0.573 e. The van der Waals surface area contributed by atoms with Crippen LogP contribution >= 0.6 is 0 Å². The van der Waals surface area contributed by atoms with Crippen LogP contribution in [0.25, 0.3) is 11.1 Å². The summed E-state index contributed by atoms with van der Waals surface area (Å²) in [6, 6.07) is 5.88. The van der Waals surface area contributed by atoms with Gasteiger partial charge in [-0.1, -0.05) is 12.1 Å². The second-order valence-electron chi connectivity index (χ2n) is 4.64. The van der Waals surface area contributed by atoms with Crippen LogP contribution in [0.1, 0.15) is 15.9 Å². The van der Waals surface area contributed by atoms with Crippen molar-refractivity contribution in [3.05, 3.63) is 53.6 Å². The Morgan fingerprint density at radius 2 is 1.50 bits per heavy atom. The topological polar surface area (TPSA) is 46.5 Å². The van der Waals surface area contributed by atoms with Crippen molar-refractivity contribution in [2.24, 2.45) is 0 Å². The molecular weight excluding hydrogens is 342 g/mol. The van der Waals surface area contributed by atoms with Crippen molar-refractivity contribution < 1.29 is 41.0 Å². The van der Waals surface area contributed by atoms with Gasteiger partial charge in [-0.25, -0.2) is 4.79 Å². The third-order valence-electron chi connectivity index (χ3n) is 2.97. The lowest BCUT2D eigenvalue weighted by atomic mass is 9.97. The zero-order valence-corrected chi connectivity index (χ0v) is 11.6. The molecule has 0 aliphatic heterocycles. The Hall–Kier alpha value is -2.71. The Kier molecular flexibility index (Phi) is 4.46. The molecule has 3 nitrogen and oxygen atoms in total. The summed E-state index contributed by atoms with van der Waals surface area (Å²) in [5.41, 5.74) is -2.04. The summed E-state index contributed by atoms with van der Waals surface area (Å²) in [4.78, 5) is 10.9. The lowest BCUT2D eigenvalue weighted by Crippen LogP contribution is -2.17. The average Bonchev–Trinajstić information content (AvgIpc) is 2.44. The van der Waals surface area contributed by atoms with Gasteiger partial charge in [-0.15, -0.1) is 13.2 Å². The fourth-order valence-electron chi connectivity index (χ4n) is 2.00. The quantitative estimate of drug-likeness (QED) is 0.795. The maximum absolute atomic E-state index is 13.0. The third-order valence-corrected chi connectivity index (χ3v) is 2.97. The summed E-state index contributed by atoms with van der Waals surface area (Å²) in [5, 5.41) is 8.90. The largest absolute Gasteiger partial charge is 0.573 e. The van der Waals surface area contributed by atoms with Crippen molar-refractivity contribution in [1.82, 2.24) is 0 Å². The Morgan fingerprint density at radius 3 is 1.96 bits per heavy atom. The van der Waals surface area contributed by atoms with Crippen molar-refractivity contribution in [2.75, 3.05) is 0 Å². The normalized spacial score (nSPS) is 12.1. The molecule has 0 atom stereocenters. The van der Waals surface area contributed by atoms with Crippen LogP contribution < -0.4 is 4.74 Å². The molecule has 0 fully saturated rings. The molecule has 2 rings (SSSR count). The standard InChI is InChI=1S/C15H8F6O3/c16-14(17,18)12-6-3-9(13(22)23)7-11(12)8-1-4-10(5-2-8)24-15(19,20)21/h1-7H,(H,22,23). The van der Waals surface area contributed by atoms with E-state index in [4.69, 9.17) is 5.11 Å². The van der Waals surface area contributed by atoms with Gasteiger partial charge in [0, 0.05) is 0 Å². The summed E-state index contributed by atoms with van der Waals surface area (Å²) < 4.78 is 79.1. The lowest BCUT2D eigenvalue weighted by molar-refractivity contribution is -0.274. The van der Waals surface area contributed by atoms with Crippen LogP contribution in [0.2, 0.25) is 0 Å². The minimum atomic E-state index is -4.93. The van der Waals surface area contributed by atoms with Crippen LogP contribution in [0.3, 0.4) is 0 Å². The molecule has 0 bridgehead atoms. The monoisotopic (exact) mass is 350 g/mol. The van der Waals surface area contributed by atoms with E-state index in [2.05, 4.69) is 4.74 Å². The molecule has 0 saturated heterocycles. The van der Waals surface area contributed by atoms with Gasteiger partial charge in [0.1, 0.15) is 5.75 Å². The number of alkyl halides is 6. The number of ether oxygens (including phenoxy) is 1. The number of aromatic carboxylic acids is 1. The fourth-order valence-corrected chi connectivity index (χ4v) is 2.00. The van der Waals surface area contributed by atoms with Crippen molar-refractivity contribution in [1.29, 1.82) is 0 Å². The highest BCUT2D eigenvalue weighted by Gasteiger charge is 2.34. The van der Waals surface area contributed by atoms with Gasteiger partial charge < -0.3 is 9.84 Å². The Labute approximate surface area is 131 Å². The number of halogens is 6. The number of rotatable bonds is 3. The van der Waals surface area contributed by atoms with Crippen LogP contribution in [0.15, 0.2) is 42.5 Å². The van der Waals surface area contributed by atoms with Gasteiger partial charge in [0.15, 0.2) is 0 Å². The summed E-state index contributed by atoms with van der Waals surface area (Å²) in [7, 11) is 0. The highest BCUT2D eigenvalue weighted by atomic mass is 19.4. The predicted molar refractivity (Wildman–Crippen MR) is 70.5 cm³/mol. The zero-order valence-electron chi connectivity index (χ0n) is 11.6. The first-order valence-corrected chi connectivity index (χ1v) is 6.28. The molecule has 0 amide bonds. The number of hydrogen-bond donors (Lipinski definition) is 1. The molecule has 2 aromatic carbocycles. The maximum atomic E-state index is 13.0. The van der Waals surface area contributed by atoms with Crippen LogP contribution in [-0.4, -0.2) is 17.4 Å². The van der Waals surface area contributed by atoms with Crippen LogP contribution in [0.5, 0.6) is 5.75 Å². The van der Waals surface area contributed by atoms with Crippen molar-refractivity contribution in [2.45, 2.75) is 12.5 Å². The van der Waals surface area contributed by atoms with E-state index in [1.807, 2.05) is 0 Å². The van der Waals surface area contributed by atoms with E-state index in [-0.39, 0.29) is 11.1 Å². The first kappa shape index (κ1) is 17.6. The molecule has 0 spiro atoms. The second kappa shape index (κ2) is 6.06. The average molecular weight is 350 g/mol. The Morgan fingerprint density at radius 1 is 0.917 bits per heavy atom. The highest BCUT2D eigenvalue weighted by Crippen LogP contribution is 2.38. The molecule has 24 heavy (non-hydrogen) atoms. The first-order valence-electron chi connectivity index (χ1n) is 6.28. The number of hydrogen-bond acceptors (Lipinski definition) is 2. The lowest BCUT2D eigenvalue weighted by Gasteiger charge is -2.14.